The van der Waals surface area contributed by atoms with Crippen LogP contribution in [0.25, 0.3) is 0 Å². The van der Waals surface area contributed by atoms with Gasteiger partial charge in [0.05, 0.1) is 0 Å². The Balaban J connectivity index is 1.72. The highest BCUT2D eigenvalue weighted by Crippen LogP contribution is 2.24. The van der Waals surface area contributed by atoms with Crippen LogP contribution in [0.1, 0.15) is 39.0 Å². The number of rotatable bonds is 5. The van der Waals surface area contributed by atoms with Gasteiger partial charge in [-0.3, -0.25) is 9.80 Å². The summed E-state index contributed by atoms with van der Waals surface area (Å²) in [5.41, 5.74) is 5.52. The predicted octanol–water partition coefficient (Wildman–Crippen LogP) is 1.28. The molecule has 2 unspecified atom stereocenters. The Labute approximate surface area is 100.0 Å². The maximum Gasteiger partial charge on any atom is 0.0224 e. The summed E-state index contributed by atoms with van der Waals surface area (Å²) in [6.45, 7) is 8.47. The molecule has 0 saturated carbocycles. The molecule has 0 bridgehead atoms. The van der Waals surface area contributed by atoms with E-state index in [9.17, 15) is 0 Å². The first kappa shape index (κ1) is 12.3. The predicted molar refractivity (Wildman–Crippen MR) is 68.5 cm³/mol. The molecule has 16 heavy (non-hydrogen) atoms. The largest absolute Gasteiger partial charge is 0.330 e. The molecule has 3 heteroatoms. The van der Waals surface area contributed by atoms with Gasteiger partial charge >= 0.3 is 0 Å². The molecule has 0 aromatic heterocycles. The van der Waals surface area contributed by atoms with Crippen LogP contribution in [0.4, 0.5) is 0 Å². The van der Waals surface area contributed by atoms with Crippen LogP contribution in [0.3, 0.4) is 0 Å². The van der Waals surface area contributed by atoms with Gasteiger partial charge in [0.2, 0.25) is 0 Å². The van der Waals surface area contributed by atoms with E-state index in [2.05, 4.69) is 16.7 Å². The third-order valence-corrected chi connectivity index (χ3v) is 4.22. The molecule has 2 rings (SSSR count). The third kappa shape index (κ3) is 2.96. The van der Waals surface area contributed by atoms with Crippen molar-refractivity contribution in [2.45, 2.75) is 51.1 Å². The van der Waals surface area contributed by atoms with Gasteiger partial charge in [0, 0.05) is 25.2 Å². The van der Waals surface area contributed by atoms with Gasteiger partial charge in [-0.2, -0.15) is 0 Å². The van der Waals surface area contributed by atoms with E-state index in [0.29, 0.717) is 0 Å². The lowest BCUT2D eigenvalue weighted by Gasteiger charge is -2.42. The van der Waals surface area contributed by atoms with E-state index in [0.717, 1.165) is 18.6 Å². The van der Waals surface area contributed by atoms with Crippen LogP contribution in [0.2, 0.25) is 0 Å². The molecule has 0 amide bonds. The standard InChI is InChI=1S/C13H27N3/c1-12-10-16-9-5-6-13(16)11-15(12)8-4-2-3-7-14/h12-13H,2-11,14H2,1H3. The van der Waals surface area contributed by atoms with Crippen LogP contribution in [0.5, 0.6) is 0 Å². The van der Waals surface area contributed by atoms with Crippen molar-refractivity contribution in [3.8, 4) is 0 Å². The molecule has 2 aliphatic heterocycles. The molecule has 3 nitrogen and oxygen atoms in total. The number of hydrogen-bond acceptors (Lipinski definition) is 3. The molecule has 2 saturated heterocycles. The fourth-order valence-electron chi connectivity index (χ4n) is 3.20. The van der Waals surface area contributed by atoms with E-state index >= 15 is 0 Å². The van der Waals surface area contributed by atoms with Gasteiger partial charge in [0.25, 0.3) is 0 Å². The van der Waals surface area contributed by atoms with Crippen LogP contribution in [0, 0.1) is 0 Å². The van der Waals surface area contributed by atoms with Crippen molar-refractivity contribution < 1.29 is 0 Å². The Morgan fingerprint density at radius 1 is 1.19 bits per heavy atom. The van der Waals surface area contributed by atoms with Crippen LogP contribution in [-0.4, -0.2) is 54.6 Å². The second-order valence-electron chi connectivity index (χ2n) is 5.48. The summed E-state index contributed by atoms with van der Waals surface area (Å²) in [6, 6.07) is 1.62. The van der Waals surface area contributed by atoms with Gasteiger partial charge in [-0.1, -0.05) is 6.42 Å². The molecule has 0 aromatic carbocycles. The summed E-state index contributed by atoms with van der Waals surface area (Å²) in [4.78, 5) is 5.39. The zero-order chi connectivity index (χ0) is 11.4. The topological polar surface area (TPSA) is 32.5 Å². The molecule has 2 fully saturated rings. The van der Waals surface area contributed by atoms with Gasteiger partial charge in [0.1, 0.15) is 0 Å². The van der Waals surface area contributed by atoms with Gasteiger partial charge in [0.15, 0.2) is 0 Å². The molecule has 2 N–H and O–H groups in total. The molecule has 2 atom stereocenters. The smallest absolute Gasteiger partial charge is 0.0224 e. The monoisotopic (exact) mass is 225 g/mol. The van der Waals surface area contributed by atoms with Crippen molar-refractivity contribution in [1.29, 1.82) is 0 Å². The molecule has 0 radical (unpaired) electrons. The average molecular weight is 225 g/mol. The zero-order valence-corrected chi connectivity index (χ0v) is 10.7. The van der Waals surface area contributed by atoms with Gasteiger partial charge in [-0.25, -0.2) is 0 Å². The van der Waals surface area contributed by atoms with E-state index < -0.39 is 0 Å². The highest BCUT2D eigenvalue weighted by Gasteiger charge is 2.33. The lowest BCUT2D eigenvalue weighted by molar-refractivity contribution is 0.0584. The van der Waals surface area contributed by atoms with Crippen molar-refractivity contribution in [1.82, 2.24) is 9.80 Å². The van der Waals surface area contributed by atoms with Crippen molar-refractivity contribution >= 4 is 0 Å². The molecule has 0 spiro atoms. The van der Waals surface area contributed by atoms with Crippen molar-refractivity contribution in [2.75, 3.05) is 32.7 Å². The van der Waals surface area contributed by atoms with Crippen molar-refractivity contribution in [3.63, 3.8) is 0 Å². The van der Waals surface area contributed by atoms with Crippen LogP contribution in [0.15, 0.2) is 0 Å². The summed E-state index contributed by atoms with van der Waals surface area (Å²) in [5, 5.41) is 0. The summed E-state index contributed by atoms with van der Waals surface area (Å²) in [5.74, 6) is 0. The van der Waals surface area contributed by atoms with Gasteiger partial charge in [-0.05, 0) is 52.2 Å². The summed E-state index contributed by atoms with van der Waals surface area (Å²) >= 11 is 0. The molecular formula is C13H27N3. The number of nitrogens with two attached hydrogens (primary N) is 1. The third-order valence-electron chi connectivity index (χ3n) is 4.22. The molecule has 0 aliphatic carbocycles. The summed E-state index contributed by atoms with van der Waals surface area (Å²) in [7, 11) is 0. The molecule has 2 heterocycles. The Bertz CT molecular complexity index is 207. The first-order chi connectivity index (χ1) is 7.81. The fraction of sp³-hybridized carbons (Fsp3) is 1.00. The second-order valence-corrected chi connectivity index (χ2v) is 5.48. The minimum Gasteiger partial charge on any atom is -0.330 e. The average Bonchev–Trinajstić information content (AvgIpc) is 2.71. The Morgan fingerprint density at radius 3 is 2.88 bits per heavy atom. The number of nitrogens with zero attached hydrogens (tertiary/aromatic N) is 2. The second kappa shape index (κ2) is 5.99. The van der Waals surface area contributed by atoms with E-state index in [1.165, 1.54) is 58.3 Å². The number of unbranched alkanes of at least 4 members (excludes halogenated alkanes) is 2. The molecule has 94 valence electrons. The number of fused-ring (bicyclic) bond motifs is 1. The van der Waals surface area contributed by atoms with Crippen molar-refractivity contribution in [3.05, 3.63) is 0 Å². The Morgan fingerprint density at radius 2 is 2.06 bits per heavy atom. The lowest BCUT2D eigenvalue weighted by atomic mass is 10.1. The fourth-order valence-corrected chi connectivity index (χ4v) is 3.20. The quantitative estimate of drug-likeness (QED) is 0.716. The minimum absolute atomic E-state index is 0.757. The summed E-state index contributed by atoms with van der Waals surface area (Å²) < 4.78 is 0. The van der Waals surface area contributed by atoms with E-state index in [4.69, 9.17) is 5.73 Å². The first-order valence-electron chi connectivity index (χ1n) is 6.99. The van der Waals surface area contributed by atoms with Crippen molar-refractivity contribution in [2.24, 2.45) is 5.73 Å². The summed E-state index contributed by atoms with van der Waals surface area (Å²) in [6.07, 6.45) is 6.66. The van der Waals surface area contributed by atoms with E-state index in [1.54, 1.807) is 0 Å². The van der Waals surface area contributed by atoms with Gasteiger partial charge < -0.3 is 5.73 Å². The van der Waals surface area contributed by atoms with E-state index in [-0.39, 0.29) is 0 Å². The molecular weight excluding hydrogens is 198 g/mol. The highest BCUT2D eigenvalue weighted by molar-refractivity contribution is 4.90. The SMILES string of the molecule is CC1CN2CCCC2CN1CCCCCN. The normalized spacial score (nSPS) is 31.9. The Kier molecular flexibility index (Phi) is 4.62. The van der Waals surface area contributed by atoms with Crippen LogP contribution >= 0.6 is 0 Å². The van der Waals surface area contributed by atoms with E-state index in [1.807, 2.05) is 0 Å². The van der Waals surface area contributed by atoms with Crippen LogP contribution in [-0.2, 0) is 0 Å². The van der Waals surface area contributed by atoms with Gasteiger partial charge in [-0.15, -0.1) is 0 Å². The Hall–Kier alpha value is -0.120. The zero-order valence-electron chi connectivity index (χ0n) is 10.7. The molecule has 2 aliphatic rings. The first-order valence-corrected chi connectivity index (χ1v) is 6.99. The lowest BCUT2D eigenvalue weighted by Crippen LogP contribution is -2.54. The maximum atomic E-state index is 5.52. The molecule has 0 aromatic rings. The minimum atomic E-state index is 0.757. The highest BCUT2D eigenvalue weighted by atomic mass is 15.3. The number of piperazine rings is 1. The maximum absolute atomic E-state index is 5.52. The van der Waals surface area contributed by atoms with Crippen LogP contribution < -0.4 is 5.73 Å². The number of hydrogen-bond donors (Lipinski definition) is 1.